The van der Waals surface area contributed by atoms with Crippen LogP contribution in [-0.4, -0.2) is 40.0 Å². The quantitative estimate of drug-likeness (QED) is 0.695. The molecule has 0 saturated heterocycles. The first-order valence-electron chi connectivity index (χ1n) is 5.65. The molecular formula is C11H11ClN4O3S. The molecule has 0 bridgehead atoms. The normalized spacial score (nSPS) is 10.3. The second-order valence-corrected chi connectivity index (χ2v) is 5.06. The van der Waals surface area contributed by atoms with Crippen LogP contribution >= 0.6 is 23.1 Å². The van der Waals surface area contributed by atoms with E-state index in [0.717, 1.165) is 4.42 Å². The van der Waals surface area contributed by atoms with E-state index >= 15 is 0 Å². The third-order valence-corrected chi connectivity index (χ3v) is 3.22. The fourth-order valence-corrected chi connectivity index (χ4v) is 2.14. The first-order valence-corrected chi connectivity index (χ1v) is 6.87. The number of rotatable bonds is 3. The van der Waals surface area contributed by atoms with E-state index in [1.165, 1.54) is 18.4 Å². The van der Waals surface area contributed by atoms with Crippen molar-refractivity contribution in [2.24, 2.45) is 0 Å². The molecule has 0 spiro atoms. The zero-order valence-corrected chi connectivity index (χ0v) is 12.3. The van der Waals surface area contributed by atoms with Gasteiger partial charge in [-0.15, -0.1) is 11.3 Å². The van der Waals surface area contributed by atoms with Crippen molar-refractivity contribution in [1.29, 1.82) is 0 Å². The molecule has 0 radical (unpaired) electrons. The Labute approximate surface area is 123 Å². The van der Waals surface area contributed by atoms with Gasteiger partial charge in [-0.1, -0.05) is 0 Å². The van der Waals surface area contributed by atoms with E-state index in [2.05, 4.69) is 15.3 Å². The van der Waals surface area contributed by atoms with Crippen LogP contribution in [0.2, 0.25) is 0 Å². The summed E-state index contributed by atoms with van der Waals surface area (Å²) in [6.07, 6.45) is 0. The number of ether oxygens (including phenoxy) is 1. The Morgan fingerprint density at radius 1 is 1.50 bits per heavy atom. The molecule has 9 heteroatoms. The lowest BCUT2D eigenvalue weighted by Gasteiger charge is -2.11. The van der Waals surface area contributed by atoms with Crippen molar-refractivity contribution in [1.82, 2.24) is 14.4 Å². The second-order valence-electron chi connectivity index (χ2n) is 3.66. The lowest BCUT2D eigenvalue weighted by atomic mass is 10.4. The Balaban J connectivity index is 2.45. The minimum Gasteiger partial charge on any atom is -0.461 e. The van der Waals surface area contributed by atoms with Gasteiger partial charge in [0, 0.05) is 18.8 Å². The Hall–Kier alpha value is -1.93. The third-order valence-electron chi connectivity index (χ3n) is 2.27. The van der Waals surface area contributed by atoms with Crippen LogP contribution in [-0.2, 0) is 4.74 Å². The maximum atomic E-state index is 11.9. The summed E-state index contributed by atoms with van der Waals surface area (Å²) in [5, 5.41) is 4.21. The zero-order chi connectivity index (χ0) is 14.7. The van der Waals surface area contributed by atoms with Gasteiger partial charge in [-0.2, -0.15) is 0 Å². The van der Waals surface area contributed by atoms with Crippen molar-refractivity contribution >= 4 is 51.3 Å². The van der Waals surface area contributed by atoms with Crippen LogP contribution in [0.5, 0.6) is 0 Å². The molecule has 0 aliphatic heterocycles. The van der Waals surface area contributed by atoms with E-state index < -0.39 is 12.0 Å². The predicted octanol–water partition coefficient (Wildman–Crippen LogP) is 2.49. The average molecular weight is 315 g/mol. The highest BCUT2D eigenvalue weighted by Gasteiger charge is 2.20. The van der Waals surface area contributed by atoms with Gasteiger partial charge in [0.15, 0.2) is 11.5 Å². The van der Waals surface area contributed by atoms with Gasteiger partial charge in [0.1, 0.15) is 10.3 Å². The topological polar surface area (TPSA) is 84.4 Å². The molecule has 0 unspecified atom stereocenters. The van der Waals surface area contributed by atoms with Crippen LogP contribution in [0.25, 0.3) is 10.3 Å². The number of nitrogens with one attached hydrogen (secondary N) is 1. The van der Waals surface area contributed by atoms with E-state index in [4.69, 9.17) is 16.5 Å². The van der Waals surface area contributed by atoms with Crippen LogP contribution in [0, 0.1) is 0 Å². The molecule has 2 heterocycles. The van der Waals surface area contributed by atoms with Gasteiger partial charge >= 0.3 is 12.0 Å². The van der Waals surface area contributed by atoms with Crippen molar-refractivity contribution in [2.45, 2.75) is 6.92 Å². The number of esters is 1. The molecule has 106 valence electrons. The van der Waals surface area contributed by atoms with E-state index in [-0.39, 0.29) is 18.1 Å². The number of nitrogens with zero attached hydrogens (tertiary/aromatic N) is 3. The number of fused-ring (bicyclic) bond motifs is 1. The molecule has 7 nitrogen and oxygen atoms in total. The van der Waals surface area contributed by atoms with Gasteiger partial charge in [-0.25, -0.2) is 24.0 Å². The highest BCUT2D eigenvalue weighted by Crippen LogP contribution is 2.22. The highest BCUT2D eigenvalue weighted by molar-refractivity contribution is 7.16. The lowest BCUT2D eigenvalue weighted by molar-refractivity contribution is 0.0521. The van der Waals surface area contributed by atoms with Gasteiger partial charge in [0.2, 0.25) is 0 Å². The largest absolute Gasteiger partial charge is 0.461 e. The number of halogens is 1. The molecular weight excluding hydrogens is 304 g/mol. The Morgan fingerprint density at radius 2 is 2.25 bits per heavy atom. The Morgan fingerprint density at radius 3 is 2.90 bits per heavy atom. The molecule has 2 aromatic heterocycles. The third kappa shape index (κ3) is 2.97. The van der Waals surface area contributed by atoms with Crippen molar-refractivity contribution in [3.05, 3.63) is 17.1 Å². The number of urea groups is 1. The molecule has 20 heavy (non-hydrogen) atoms. The average Bonchev–Trinajstić information content (AvgIpc) is 2.85. The van der Waals surface area contributed by atoms with Crippen LogP contribution in [0.3, 0.4) is 0 Å². The van der Waals surface area contributed by atoms with Crippen molar-refractivity contribution in [3.63, 3.8) is 0 Å². The lowest BCUT2D eigenvalue weighted by Crippen LogP contribution is -2.25. The van der Waals surface area contributed by atoms with E-state index in [9.17, 15) is 9.59 Å². The van der Waals surface area contributed by atoms with Gasteiger partial charge < -0.3 is 4.74 Å². The first kappa shape index (κ1) is 14.5. The summed E-state index contributed by atoms with van der Waals surface area (Å²) in [7, 11) is 1.36. The number of amides is 2. The van der Waals surface area contributed by atoms with Crippen molar-refractivity contribution < 1.29 is 14.3 Å². The van der Waals surface area contributed by atoms with E-state index in [0.29, 0.717) is 10.3 Å². The molecule has 1 N–H and O–H groups in total. The monoisotopic (exact) mass is 314 g/mol. The molecule has 0 aliphatic rings. The number of hydrogen-bond acceptors (Lipinski definition) is 6. The minimum absolute atomic E-state index is 0.0240. The SMILES string of the molecule is CCOC(=O)c1nc2ccsc2nc1NC(=O)N(C)Cl. The number of carbonyl (C=O) groups is 2. The van der Waals surface area contributed by atoms with E-state index in [1.807, 2.05) is 0 Å². The summed E-state index contributed by atoms with van der Waals surface area (Å²) in [6.45, 7) is 1.88. The van der Waals surface area contributed by atoms with E-state index in [1.54, 1.807) is 18.4 Å². The molecule has 2 aromatic rings. The predicted molar refractivity (Wildman–Crippen MR) is 76.0 cm³/mol. The number of anilines is 1. The van der Waals surface area contributed by atoms with Crippen molar-refractivity contribution in [3.8, 4) is 0 Å². The summed E-state index contributed by atoms with van der Waals surface area (Å²) >= 11 is 6.87. The zero-order valence-electron chi connectivity index (χ0n) is 10.7. The first-order chi connectivity index (χ1) is 9.52. The summed E-state index contributed by atoms with van der Waals surface area (Å²) in [4.78, 5) is 32.4. The fourth-order valence-electron chi connectivity index (χ4n) is 1.40. The number of carbonyl (C=O) groups excluding carboxylic acids is 2. The molecule has 0 aromatic carbocycles. The van der Waals surface area contributed by atoms with Gasteiger partial charge in [-0.3, -0.25) is 5.32 Å². The summed E-state index contributed by atoms with van der Waals surface area (Å²) in [5.41, 5.74) is 0.514. The van der Waals surface area contributed by atoms with Crippen LogP contribution in [0.15, 0.2) is 11.4 Å². The molecule has 0 fully saturated rings. The molecule has 2 amide bonds. The number of aromatic nitrogens is 2. The summed E-state index contributed by atoms with van der Waals surface area (Å²) < 4.78 is 5.71. The van der Waals surface area contributed by atoms with Crippen LogP contribution < -0.4 is 5.32 Å². The van der Waals surface area contributed by atoms with Gasteiger partial charge in [0.05, 0.1) is 6.61 Å². The Kier molecular flexibility index (Phi) is 4.35. The maximum Gasteiger partial charge on any atom is 0.360 e. The molecule has 0 saturated carbocycles. The standard InChI is InChI=1S/C11H11ClN4O3S/c1-3-19-10(17)7-8(15-11(18)16(2)12)14-9-6(13-7)4-5-20-9/h4-5H,3H2,1-2H3,(H,14,15,18). The molecule has 2 rings (SSSR count). The summed E-state index contributed by atoms with van der Waals surface area (Å²) in [6, 6.07) is 1.11. The second kappa shape index (κ2) is 6.02. The maximum absolute atomic E-state index is 11.9. The molecule has 0 aliphatic carbocycles. The minimum atomic E-state index is -0.652. The smallest absolute Gasteiger partial charge is 0.360 e. The highest BCUT2D eigenvalue weighted by atomic mass is 35.5. The van der Waals surface area contributed by atoms with Crippen molar-refractivity contribution in [2.75, 3.05) is 19.0 Å². The number of hydrogen-bond donors (Lipinski definition) is 1. The molecule has 0 atom stereocenters. The van der Waals surface area contributed by atoms with Gasteiger partial charge in [0.25, 0.3) is 0 Å². The van der Waals surface area contributed by atoms with Gasteiger partial charge in [-0.05, 0) is 18.4 Å². The number of thiophene rings is 1. The fraction of sp³-hybridized carbons (Fsp3) is 0.273. The van der Waals surface area contributed by atoms with Crippen LogP contribution in [0.1, 0.15) is 17.4 Å². The Bertz CT molecular complexity index is 658. The van der Waals surface area contributed by atoms with Crippen LogP contribution in [0.4, 0.5) is 10.6 Å². The summed E-state index contributed by atoms with van der Waals surface area (Å²) in [5.74, 6) is -0.628.